The molecule has 1 heterocycles. The molecule has 0 aromatic heterocycles. The van der Waals surface area contributed by atoms with Crippen molar-refractivity contribution >= 4 is 0 Å². The first kappa shape index (κ1) is 12.0. The second-order valence-electron chi connectivity index (χ2n) is 4.41. The minimum absolute atomic E-state index is 0.480. The number of likely N-dealkylation sites (tertiary alicyclic amines) is 1. The Morgan fingerprint density at radius 2 is 2.29 bits per heavy atom. The molecule has 1 aliphatic rings. The molecule has 0 aromatic rings. The van der Waals surface area contributed by atoms with Crippen LogP contribution in [0.2, 0.25) is 0 Å². The van der Waals surface area contributed by atoms with Crippen molar-refractivity contribution in [1.29, 1.82) is 0 Å². The molecule has 0 aliphatic carbocycles. The first-order valence-electron chi connectivity index (χ1n) is 5.71. The molecule has 0 spiro atoms. The molecule has 0 bridgehead atoms. The lowest BCUT2D eigenvalue weighted by Gasteiger charge is -2.16. The van der Waals surface area contributed by atoms with Gasteiger partial charge >= 0.3 is 0 Å². The maximum Gasteiger partial charge on any atom is 0.0710 e. The molecule has 1 unspecified atom stereocenters. The standard InChI is InChI=1S/C11H24N2O/c1-10(2)12-6-4-7-13-8-5-11(9-13)14-3/h10-12H,4-9H2,1-3H3. The van der Waals surface area contributed by atoms with Crippen molar-refractivity contribution in [2.45, 2.75) is 38.8 Å². The first-order valence-corrected chi connectivity index (χ1v) is 5.71. The largest absolute Gasteiger partial charge is 0.380 e. The first-order chi connectivity index (χ1) is 6.72. The highest BCUT2D eigenvalue weighted by Gasteiger charge is 2.20. The zero-order valence-electron chi connectivity index (χ0n) is 9.75. The Bertz CT molecular complexity index is 150. The Morgan fingerprint density at radius 1 is 1.50 bits per heavy atom. The Morgan fingerprint density at radius 3 is 2.86 bits per heavy atom. The van der Waals surface area contributed by atoms with E-state index in [1.165, 1.54) is 25.9 Å². The van der Waals surface area contributed by atoms with E-state index >= 15 is 0 Å². The fraction of sp³-hybridized carbons (Fsp3) is 1.00. The van der Waals surface area contributed by atoms with Crippen LogP contribution in [0.3, 0.4) is 0 Å². The van der Waals surface area contributed by atoms with Crippen LogP contribution < -0.4 is 5.32 Å². The van der Waals surface area contributed by atoms with Gasteiger partial charge in [-0.2, -0.15) is 0 Å². The highest BCUT2D eigenvalue weighted by Crippen LogP contribution is 2.11. The van der Waals surface area contributed by atoms with Crippen LogP contribution in [0.25, 0.3) is 0 Å². The summed E-state index contributed by atoms with van der Waals surface area (Å²) in [5, 5.41) is 3.44. The third kappa shape index (κ3) is 4.40. The number of nitrogens with zero attached hydrogens (tertiary/aromatic N) is 1. The molecule has 1 saturated heterocycles. The van der Waals surface area contributed by atoms with E-state index in [2.05, 4.69) is 24.1 Å². The maximum absolute atomic E-state index is 5.33. The molecule has 0 radical (unpaired) electrons. The van der Waals surface area contributed by atoms with Crippen LogP contribution in [0.5, 0.6) is 0 Å². The Kier molecular flexibility index (Phi) is 5.45. The summed E-state index contributed by atoms with van der Waals surface area (Å²) in [6.45, 7) is 9.05. The molecule has 0 aromatic carbocycles. The van der Waals surface area contributed by atoms with Gasteiger partial charge in [-0.25, -0.2) is 0 Å². The summed E-state index contributed by atoms with van der Waals surface area (Å²) in [4.78, 5) is 2.50. The van der Waals surface area contributed by atoms with Gasteiger partial charge in [-0.15, -0.1) is 0 Å². The summed E-state index contributed by atoms with van der Waals surface area (Å²) in [5.41, 5.74) is 0. The quantitative estimate of drug-likeness (QED) is 0.650. The van der Waals surface area contributed by atoms with Crippen LogP contribution in [0.4, 0.5) is 0 Å². The normalized spacial score (nSPS) is 23.6. The van der Waals surface area contributed by atoms with Gasteiger partial charge < -0.3 is 15.0 Å². The zero-order valence-corrected chi connectivity index (χ0v) is 9.75. The monoisotopic (exact) mass is 200 g/mol. The van der Waals surface area contributed by atoms with Crippen LogP contribution in [-0.4, -0.2) is 50.3 Å². The predicted molar refractivity (Wildman–Crippen MR) is 59.6 cm³/mol. The van der Waals surface area contributed by atoms with E-state index in [0.29, 0.717) is 12.1 Å². The van der Waals surface area contributed by atoms with Gasteiger partial charge in [0.1, 0.15) is 0 Å². The van der Waals surface area contributed by atoms with Gasteiger partial charge in [0.25, 0.3) is 0 Å². The van der Waals surface area contributed by atoms with Crippen LogP contribution >= 0.6 is 0 Å². The lowest BCUT2D eigenvalue weighted by molar-refractivity contribution is 0.108. The fourth-order valence-electron chi connectivity index (χ4n) is 1.89. The summed E-state index contributed by atoms with van der Waals surface area (Å²) in [7, 11) is 1.81. The number of methoxy groups -OCH3 is 1. The summed E-state index contributed by atoms with van der Waals surface area (Å²) < 4.78 is 5.33. The van der Waals surface area contributed by atoms with Crippen molar-refractivity contribution in [2.24, 2.45) is 0 Å². The van der Waals surface area contributed by atoms with Crippen LogP contribution in [0, 0.1) is 0 Å². The van der Waals surface area contributed by atoms with E-state index in [1.807, 2.05) is 7.11 Å². The fourth-order valence-corrected chi connectivity index (χ4v) is 1.89. The maximum atomic E-state index is 5.33. The van der Waals surface area contributed by atoms with E-state index in [4.69, 9.17) is 4.74 Å². The SMILES string of the molecule is COC1CCN(CCCNC(C)C)C1. The number of nitrogens with one attached hydrogen (secondary N) is 1. The third-order valence-corrected chi connectivity index (χ3v) is 2.77. The van der Waals surface area contributed by atoms with E-state index in [9.17, 15) is 0 Å². The molecule has 1 fully saturated rings. The van der Waals surface area contributed by atoms with Crippen molar-refractivity contribution in [3.8, 4) is 0 Å². The number of hydrogen-bond donors (Lipinski definition) is 1. The Labute approximate surface area is 87.8 Å². The van der Waals surface area contributed by atoms with Gasteiger partial charge in [0.05, 0.1) is 6.10 Å². The van der Waals surface area contributed by atoms with Gasteiger partial charge in [0.15, 0.2) is 0 Å². The predicted octanol–water partition coefficient (Wildman–Crippen LogP) is 1.10. The highest BCUT2D eigenvalue weighted by molar-refractivity contribution is 4.75. The molecule has 0 saturated carbocycles. The van der Waals surface area contributed by atoms with Crippen molar-refractivity contribution in [3.05, 3.63) is 0 Å². The molecule has 1 N–H and O–H groups in total. The van der Waals surface area contributed by atoms with Gasteiger partial charge in [0, 0.05) is 26.2 Å². The second-order valence-corrected chi connectivity index (χ2v) is 4.41. The summed E-state index contributed by atoms with van der Waals surface area (Å²) in [5.74, 6) is 0. The average Bonchev–Trinajstić information content (AvgIpc) is 2.60. The van der Waals surface area contributed by atoms with Crippen LogP contribution in [-0.2, 0) is 4.74 Å². The lowest BCUT2D eigenvalue weighted by Crippen LogP contribution is -2.29. The molecule has 0 amide bonds. The Hall–Kier alpha value is -0.120. The molecule has 3 heteroatoms. The summed E-state index contributed by atoms with van der Waals surface area (Å²) in [6.07, 6.45) is 2.93. The second kappa shape index (κ2) is 6.38. The highest BCUT2D eigenvalue weighted by atomic mass is 16.5. The van der Waals surface area contributed by atoms with E-state index < -0.39 is 0 Å². The number of hydrogen-bond acceptors (Lipinski definition) is 3. The van der Waals surface area contributed by atoms with E-state index in [0.717, 1.165) is 13.1 Å². The van der Waals surface area contributed by atoms with Gasteiger partial charge in [0.2, 0.25) is 0 Å². The summed E-state index contributed by atoms with van der Waals surface area (Å²) >= 11 is 0. The van der Waals surface area contributed by atoms with Gasteiger partial charge in [-0.1, -0.05) is 13.8 Å². The average molecular weight is 200 g/mol. The number of rotatable bonds is 6. The number of ether oxygens (including phenoxy) is 1. The molecular formula is C11H24N2O. The molecule has 1 aliphatic heterocycles. The van der Waals surface area contributed by atoms with Crippen molar-refractivity contribution in [1.82, 2.24) is 10.2 Å². The molecular weight excluding hydrogens is 176 g/mol. The van der Waals surface area contributed by atoms with Crippen molar-refractivity contribution in [2.75, 3.05) is 33.3 Å². The van der Waals surface area contributed by atoms with Crippen LogP contribution in [0.1, 0.15) is 26.7 Å². The van der Waals surface area contributed by atoms with Crippen LogP contribution in [0.15, 0.2) is 0 Å². The third-order valence-electron chi connectivity index (χ3n) is 2.77. The molecule has 84 valence electrons. The van der Waals surface area contributed by atoms with Crippen molar-refractivity contribution in [3.63, 3.8) is 0 Å². The minimum atomic E-state index is 0.480. The molecule has 3 nitrogen and oxygen atoms in total. The molecule has 1 atom stereocenters. The Balaban J connectivity index is 1.97. The minimum Gasteiger partial charge on any atom is -0.380 e. The summed E-state index contributed by atoms with van der Waals surface area (Å²) in [6, 6.07) is 0.611. The van der Waals surface area contributed by atoms with E-state index in [1.54, 1.807) is 0 Å². The van der Waals surface area contributed by atoms with Gasteiger partial charge in [-0.05, 0) is 25.9 Å². The zero-order chi connectivity index (χ0) is 10.4. The molecule has 14 heavy (non-hydrogen) atoms. The smallest absolute Gasteiger partial charge is 0.0710 e. The lowest BCUT2D eigenvalue weighted by atomic mass is 10.3. The molecule has 1 rings (SSSR count). The van der Waals surface area contributed by atoms with Crippen molar-refractivity contribution < 1.29 is 4.74 Å². The topological polar surface area (TPSA) is 24.5 Å². The van der Waals surface area contributed by atoms with Gasteiger partial charge in [-0.3, -0.25) is 0 Å². The van der Waals surface area contributed by atoms with E-state index in [-0.39, 0.29) is 0 Å².